The molecule has 1 atom stereocenters. The van der Waals surface area contributed by atoms with Crippen LogP contribution in [-0.2, 0) is 7.05 Å². The van der Waals surface area contributed by atoms with Crippen LogP contribution < -0.4 is 5.32 Å². The highest BCUT2D eigenvalue weighted by atomic mass is 35.5. The number of fused-ring (bicyclic) bond motifs is 1. The van der Waals surface area contributed by atoms with Crippen molar-refractivity contribution in [1.82, 2.24) is 20.3 Å². The quantitative estimate of drug-likeness (QED) is 0.767. The van der Waals surface area contributed by atoms with Gasteiger partial charge in [-0.3, -0.25) is 4.79 Å². The lowest BCUT2D eigenvalue weighted by atomic mass is 10.1. The zero-order valence-electron chi connectivity index (χ0n) is 12.4. The summed E-state index contributed by atoms with van der Waals surface area (Å²) in [7, 11) is 1.79. The maximum absolute atomic E-state index is 12.2. The first-order valence-corrected chi connectivity index (χ1v) is 7.43. The third-order valence-corrected chi connectivity index (χ3v) is 3.84. The van der Waals surface area contributed by atoms with E-state index in [9.17, 15) is 9.90 Å². The Balaban J connectivity index is 1.67. The van der Waals surface area contributed by atoms with Crippen LogP contribution in [0.2, 0.25) is 5.02 Å². The molecule has 1 unspecified atom stereocenters. The maximum atomic E-state index is 12.2. The predicted molar refractivity (Wildman–Crippen MR) is 87.3 cm³/mol. The number of carbonyl (C=O) groups is 1. The van der Waals surface area contributed by atoms with Crippen LogP contribution in [0.4, 0.5) is 0 Å². The van der Waals surface area contributed by atoms with Crippen LogP contribution >= 0.6 is 11.6 Å². The minimum Gasteiger partial charge on any atom is -0.387 e. The summed E-state index contributed by atoms with van der Waals surface area (Å²) in [6.45, 7) is 0.110. The van der Waals surface area contributed by atoms with Crippen molar-refractivity contribution in [1.29, 1.82) is 0 Å². The maximum Gasteiger partial charge on any atom is 0.251 e. The molecule has 3 aromatic rings. The second kappa shape index (κ2) is 6.36. The number of aromatic nitrogens is 3. The van der Waals surface area contributed by atoms with Crippen LogP contribution in [0.1, 0.15) is 22.0 Å². The van der Waals surface area contributed by atoms with Crippen molar-refractivity contribution in [3.8, 4) is 0 Å². The molecule has 1 aromatic heterocycles. The van der Waals surface area contributed by atoms with Crippen LogP contribution in [0.3, 0.4) is 0 Å². The number of nitrogens with one attached hydrogen (secondary N) is 1. The number of nitrogens with zero attached hydrogens (tertiary/aromatic N) is 3. The highest BCUT2D eigenvalue weighted by Crippen LogP contribution is 2.16. The molecule has 1 amide bonds. The Kier molecular flexibility index (Phi) is 4.27. The number of carbonyl (C=O) groups excluding carboxylic acids is 1. The molecular formula is C16H15ClN4O2. The fourth-order valence-corrected chi connectivity index (χ4v) is 2.40. The van der Waals surface area contributed by atoms with Crippen LogP contribution in [0.5, 0.6) is 0 Å². The van der Waals surface area contributed by atoms with E-state index in [-0.39, 0.29) is 12.5 Å². The summed E-state index contributed by atoms with van der Waals surface area (Å²) in [5, 5.41) is 21.3. The summed E-state index contributed by atoms with van der Waals surface area (Å²) in [4.78, 5) is 12.2. The monoisotopic (exact) mass is 330 g/mol. The van der Waals surface area contributed by atoms with Gasteiger partial charge in [-0.15, -0.1) is 5.10 Å². The third-order valence-electron chi connectivity index (χ3n) is 3.58. The minimum atomic E-state index is -0.795. The van der Waals surface area contributed by atoms with Crippen molar-refractivity contribution in [3.05, 3.63) is 58.6 Å². The van der Waals surface area contributed by atoms with Gasteiger partial charge in [-0.1, -0.05) is 28.9 Å². The SMILES string of the molecule is Cn1nnc2cc(C(=O)NCC(O)c3ccc(Cl)cc3)ccc21. The molecule has 0 saturated carbocycles. The molecule has 0 aliphatic carbocycles. The van der Waals surface area contributed by atoms with Gasteiger partial charge in [0.25, 0.3) is 5.91 Å². The Morgan fingerprint density at radius 1 is 1.30 bits per heavy atom. The molecule has 6 nitrogen and oxygen atoms in total. The largest absolute Gasteiger partial charge is 0.387 e. The Morgan fingerprint density at radius 3 is 2.78 bits per heavy atom. The van der Waals surface area contributed by atoms with E-state index >= 15 is 0 Å². The summed E-state index contributed by atoms with van der Waals surface area (Å²) in [6.07, 6.45) is -0.795. The van der Waals surface area contributed by atoms with E-state index in [2.05, 4.69) is 15.6 Å². The lowest BCUT2D eigenvalue weighted by molar-refractivity contribution is 0.0916. The number of hydrogen-bond donors (Lipinski definition) is 2. The van der Waals surface area contributed by atoms with Gasteiger partial charge >= 0.3 is 0 Å². The number of amides is 1. The number of hydrogen-bond acceptors (Lipinski definition) is 4. The van der Waals surface area contributed by atoms with E-state index in [1.807, 2.05) is 0 Å². The molecule has 1 heterocycles. The van der Waals surface area contributed by atoms with Gasteiger partial charge in [-0.25, -0.2) is 4.68 Å². The van der Waals surface area contributed by atoms with Gasteiger partial charge in [0.2, 0.25) is 0 Å². The first kappa shape index (κ1) is 15.5. The lowest BCUT2D eigenvalue weighted by Gasteiger charge is -2.12. The van der Waals surface area contributed by atoms with Crippen LogP contribution in [0.25, 0.3) is 11.0 Å². The van der Waals surface area contributed by atoms with Crippen molar-refractivity contribution in [2.45, 2.75) is 6.10 Å². The highest BCUT2D eigenvalue weighted by Gasteiger charge is 2.12. The molecule has 0 aliphatic rings. The lowest BCUT2D eigenvalue weighted by Crippen LogP contribution is -2.28. The van der Waals surface area contributed by atoms with Crippen LogP contribution in [-0.4, -0.2) is 32.6 Å². The van der Waals surface area contributed by atoms with Crippen molar-refractivity contribution < 1.29 is 9.90 Å². The predicted octanol–water partition coefficient (Wildman–Crippen LogP) is 2.09. The molecule has 7 heteroatoms. The molecule has 118 valence electrons. The molecule has 0 spiro atoms. The van der Waals surface area contributed by atoms with E-state index in [1.165, 1.54) is 0 Å². The standard InChI is InChI=1S/C16H15ClN4O2/c1-21-14-7-4-11(8-13(14)19-20-21)16(23)18-9-15(22)10-2-5-12(17)6-3-10/h2-8,15,22H,9H2,1H3,(H,18,23). The van der Waals surface area contributed by atoms with Gasteiger partial charge in [0.05, 0.1) is 11.6 Å². The van der Waals surface area contributed by atoms with E-state index in [0.717, 1.165) is 5.52 Å². The molecular weight excluding hydrogens is 316 g/mol. The molecule has 0 saturated heterocycles. The summed E-state index contributed by atoms with van der Waals surface area (Å²) < 4.78 is 1.64. The molecule has 0 aliphatic heterocycles. The Labute approximate surface area is 137 Å². The van der Waals surface area contributed by atoms with Gasteiger partial charge in [-0.2, -0.15) is 0 Å². The van der Waals surface area contributed by atoms with E-state index in [4.69, 9.17) is 11.6 Å². The minimum absolute atomic E-state index is 0.110. The summed E-state index contributed by atoms with van der Waals surface area (Å²) in [6, 6.07) is 12.0. The van der Waals surface area contributed by atoms with Gasteiger partial charge in [0.1, 0.15) is 5.52 Å². The number of halogens is 1. The fourth-order valence-electron chi connectivity index (χ4n) is 2.28. The van der Waals surface area contributed by atoms with Crippen molar-refractivity contribution in [2.24, 2.45) is 7.05 Å². The average molecular weight is 331 g/mol. The van der Waals surface area contributed by atoms with E-state index < -0.39 is 6.10 Å². The summed E-state index contributed by atoms with van der Waals surface area (Å²) >= 11 is 5.81. The third kappa shape index (κ3) is 3.33. The van der Waals surface area contributed by atoms with Gasteiger partial charge in [-0.05, 0) is 35.9 Å². The second-order valence-corrected chi connectivity index (χ2v) is 5.63. The van der Waals surface area contributed by atoms with Crippen molar-refractivity contribution >= 4 is 28.5 Å². The van der Waals surface area contributed by atoms with Crippen molar-refractivity contribution in [3.63, 3.8) is 0 Å². The number of aliphatic hydroxyl groups is 1. The molecule has 0 fully saturated rings. The smallest absolute Gasteiger partial charge is 0.251 e. The topological polar surface area (TPSA) is 80.0 Å². The average Bonchev–Trinajstić information content (AvgIpc) is 2.93. The zero-order valence-corrected chi connectivity index (χ0v) is 13.2. The Morgan fingerprint density at radius 2 is 2.04 bits per heavy atom. The molecule has 0 radical (unpaired) electrons. The van der Waals surface area contributed by atoms with Crippen LogP contribution in [0, 0.1) is 0 Å². The molecule has 2 N–H and O–H groups in total. The first-order valence-electron chi connectivity index (χ1n) is 7.06. The van der Waals surface area contributed by atoms with E-state index in [1.54, 1.807) is 54.2 Å². The Bertz CT molecular complexity index is 845. The Hall–Kier alpha value is -2.44. The normalized spacial score (nSPS) is 12.3. The van der Waals surface area contributed by atoms with E-state index in [0.29, 0.717) is 21.7 Å². The number of rotatable bonds is 4. The fraction of sp³-hybridized carbons (Fsp3) is 0.188. The summed E-state index contributed by atoms with van der Waals surface area (Å²) in [5.74, 6) is -0.273. The van der Waals surface area contributed by atoms with Crippen LogP contribution in [0.15, 0.2) is 42.5 Å². The molecule has 23 heavy (non-hydrogen) atoms. The summed E-state index contributed by atoms with van der Waals surface area (Å²) in [5.41, 5.74) is 2.67. The van der Waals surface area contributed by atoms with Gasteiger partial charge < -0.3 is 10.4 Å². The van der Waals surface area contributed by atoms with Gasteiger partial charge in [0, 0.05) is 24.2 Å². The number of aryl methyl sites for hydroxylation is 1. The molecule has 3 rings (SSSR count). The number of aliphatic hydroxyl groups excluding tert-OH is 1. The number of benzene rings is 2. The van der Waals surface area contributed by atoms with Gasteiger partial charge in [0.15, 0.2) is 0 Å². The second-order valence-electron chi connectivity index (χ2n) is 5.19. The zero-order chi connectivity index (χ0) is 16.4. The van der Waals surface area contributed by atoms with Crippen molar-refractivity contribution in [2.75, 3.05) is 6.54 Å². The molecule has 0 bridgehead atoms. The first-order chi connectivity index (χ1) is 11.0. The highest BCUT2D eigenvalue weighted by molar-refractivity contribution is 6.30. The molecule has 2 aromatic carbocycles.